The predicted molar refractivity (Wildman–Crippen MR) is 76.2 cm³/mol. The summed E-state index contributed by atoms with van der Waals surface area (Å²) in [4.78, 5) is 8.89. The zero-order chi connectivity index (χ0) is 12.6. The maximum Gasteiger partial charge on any atom is 0.191 e. The Balaban J connectivity index is 1.68. The van der Waals surface area contributed by atoms with E-state index in [4.69, 9.17) is 0 Å². The van der Waals surface area contributed by atoms with Crippen LogP contribution in [0, 0.1) is 11.3 Å². The third-order valence-electron chi connectivity index (χ3n) is 4.10. The van der Waals surface area contributed by atoms with Crippen LogP contribution in [0.5, 0.6) is 0 Å². The van der Waals surface area contributed by atoms with E-state index in [1.54, 1.807) is 11.8 Å². The van der Waals surface area contributed by atoms with Crippen LogP contribution in [0.3, 0.4) is 0 Å². The van der Waals surface area contributed by atoms with Crippen LogP contribution in [0.4, 0.5) is 11.6 Å². The second-order valence-corrected chi connectivity index (χ2v) is 6.14. The van der Waals surface area contributed by atoms with E-state index in [0.29, 0.717) is 5.41 Å². The molecular formula is C13H20N4S. The standard InChI is InChI=1S/C13H20N4S/c1-14-10-7-11(17-12(16-10)18-2)15-8-13(5-6-13)9-3-4-9/h7,9H,3-6,8H2,1-2H3,(H2,14,15,16,17). The Morgan fingerprint density at radius 1 is 1.33 bits per heavy atom. The van der Waals surface area contributed by atoms with Gasteiger partial charge in [-0.05, 0) is 43.3 Å². The van der Waals surface area contributed by atoms with Crippen LogP contribution in [0.1, 0.15) is 25.7 Å². The monoisotopic (exact) mass is 264 g/mol. The van der Waals surface area contributed by atoms with Gasteiger partial charge in [0.1, 0.15) is 11.6 Å². The van der Waals surface area contributed by atoms with Crippen molar-refractivity contribution in [1.29, 1.82) is 0 Å². The second kappa shape index (κ2) is 4.61. The minimum atomic E-state index is 0.601. The van der Waals surface area contributed by atoms with Crippen molar-refractivity contribution in [2.75, 3.05) is 30.5 Å². The van der Waals surface area contributed by atoms with E-state index in [1.165, 1.54) is 25.7 Å². The summed E-state index contributed by atoms with van der Waals surface area (Å²) in [6, 6.07) is 1.99. The highest BCUT2D eigenvalue weighted by molar-refractivity contribution is 7.98. The molecule has 3 rings (SSSR count). The third-order valence-corrected chi connectivity index (χ3v) is 4.65. The number of rotatable bonds is 6. The van der Waals surface area contributed by atoms with Crippen molar-refractivity contribution >= 4 is 23.4 Å². The summed E-state index contributed by atoms with van der Waals surface area (Å²) in [5, 5.41) is 7.42. The first-order valence-electron chi connectivity index (χ1n) is 6.60. The van der Waals surface area contributed by atoms with Gasteiger partial charge in [0.05, 0.1) is 0 Å². The summed E-state index contributed by atoms with van der Waals surface area (Å²) >= 11 is 1.58. The molecule has 2 aliphatic rings. The molecule has 4 nitrogen and oxygen atoms in total. The van der Waals surface area contributed by atoms with Gasteiger partial charge in [-0.25, -0.2) is 9.97 Å². The lowest BCUT2D eigenvalue weighted by Crippen LogP contribution is -2.18. The van der Waals surface area contributed by atoms with Crippen LogP contribution in [-0.2, 0) is 0 Å². The third kappa shape index (κ3) is 2.41. The molecule has 0 aromatic carbocycles. The van der Waals surface area contributed by atoms with Crippen molar-refractivity contribution in [2.45, 2.75) is 30.8 Å². The van der Waals surface area contributed by atoms with Gasteiger partial charge in [-0.3, -0.25) is 0 Å². The molecule has 2 N–H and O–H groups in total. The predicted octanol–water partition coefficient (Wildman–Crippen LogP) is 2.84. The average Bonchev–Trinajstić information content (AvgIpc) is 3.28. The Labute approximate surface area is 112 Å². The Morgan fingerprint density at radius 3 is 2.61 bits per heavy atom. The fraction of sp³-hybridized carbons (Fsp3) is 0.692. The average molecular weight is 264 g/mol. The van der Waals surface area contributed by atoms with Crippen LogP contribution < -0.4 is 10.6 Å². The number of hydrogen-bond donors (Lipinski definition) is 2. The molecule has 0 radical (unpaired) electrons. The molecule has 0 unspecified atom stereocenters. The lowest BCUT2D eigenvalue weighted by atomic mass is 10.0. The van der Waals surface area contributed by atoms with Crippen molar-refractivity contribution < 1.29 is 0 Å². The Morgan fingerprint density at radius 2 is 2.06 bits per heavy atom. The molecule has 1 aromatic heterocycles. The van der Waals surface area contributed by atoms with Crippen LogP contribution in [0.25, 0.3) is 0 Å². The minimum absolute atomic E-state index is 0.601. The van der Waals surface area contributed by atoms with Gasteiger partial charge in [0.25, 0.3) is 0 Å². The normalized spacial score (nSPS) is 20.6. The molecule has 2 saturated carbocycles. The minimum Gasteiger partial charge on any atom is -0.373 e. The molecule has 0 spiro atoms. The van der Waals surface area contributed by atoms with Gasteiger partial charge in [0.2, 0.25) is 0 Å². The second-order valence-electron chi connectivity index (χ2n) is 5.37. The maximum absolute atomic E-state index is 4.51. The van der Waals surface area contributed by atoms with Crippen molar-refractivity contribution in [2.24, 2.45) is 11.3 Å². The SMILES string of the molecule is CNc1cc(NCC2(C3CC3)CC2)nc(SC)n1. The van der Waals surface area contributed by atoms with Crippen molar-refractivity contribution in [1.82, 2.24) is 9.97 Å². The number of hydrogen-bond acceptors (Lipinski definition) is 5. The zero-order valence-electron chi connectivity index (χ0n) is 11.0. The number of nitrogens with zero attached hydrogens (tertiary/aromatic N) is 2. The van der Waals surface area contributed by atoms with Gasteiger partial charge < -0.3 is 10.6 Å². The Bertz CT molecular complexity index is 418. The molecule has 1 heterocycles. The molecule has 98 valence electrons. The first-order chi connectivity index (χ1) is 8.75. The lowest BCUT2D eigenvalue weighted by Gasteiger charge is -2.16. The molecule has 1 aromatic rings. The molecule has 0 saturated heterocycles. The Kier molecular flexibility index (Phi) is 3.09. The fourth-order valence-corrected chi connectivity index (χ4v) is 2.97. The summed E-state index contributed by atoms with van der Waals surface area (Å²) in [5.41, 5.74) is 0.601. The van der Waals surface area contributed by atoms with Gasteiger partial charge in [-0.1, -0.05) is 11.8 Å². The lowest BCUT2D eigenvalue weighted by molar-refractivity contribution is 0.466. The fourth-order valence-electron chi connectivity index (χ4n) is 2.59. The summed E-state index contributed by atoms with van der Waals surface area (Å²) in [5.74, 6) is 2.81. The first-order valence-corrected chi connectivity index (χ1v) is 7.83. The van der Waals surface area contributed by atoms with Crippen LogP contribution in [0.2, 0.25) is 0 Å². The molecule has 5 heteroatoms. The maximum atomic E-state index is 4.51. The van der Waals surface area contributed by atoms with E-state index in [2.05, 4.69) is 20.6 Å². The van der Waals surface area contributed by atoms with E-state index >= 15 is 0 Å². The topological polar surface area (TPSA) is 49.8 Å². The molecule has 0 aliphatic heterocycles. The molecule has 0 atom stereocenters. The van der Waals surface area contributed by atoms with Gasteiger partial charge in [-0.2, -0.15) is 0 Å². The van der Waals surface area contributed by atoms with E-state index < -0.39 is 0 Å². The van der Waals surface area contributed by atoms with Crippen LogP contribution in [-0.4, -0.2) is 29.8 Å². The smallest absolute Gasteiger partial charge is 0.191 e. The van der Waals surface area contributed by atoms with Gasteiger partial charge >= 0.3 is 0 Å². The molecule has 18 heavy (non-hydrogen) atoms. The van der Waals surface area contributed by atoms with Gasteiger partial charge in [-0.15, -0.1) is 0 Å². The summed E-state index contributed by atoms with van der Waals surface area (Å²) in [6.07, 6.45) is 7.66. The first kappa shape index (κ1) is 12.1. The summed E-state index contributed by atoms with van der Waals surface area (Å²) in [6.45, 7) is 1.08. The number of thioether (sulfide) groups is 1. The van der Waals surface area contributed by atoms with E-state index in [-0.39, 0.29) is 0 Å². The molecule has 0 amide bonds. The number of nitrogens with one attached hydrogen (secondary N) is 2. The highest BCUT2D eigenvalue weighted by Crippen LogP contribution is 2.61. The molecule has 2 fully saturated rings. The Hall–Kier alpha value is -0.970. The quantitative estimate of drug-likeness (QED) is 0.611. The van der Waals surface area contributed by atoms with E-state index in [1.807, 2.05) is 19.4 Å². The number of anilines is 2. The highest BCUT2D eigenvalue weighted by atomic mass is 32.2. The van der Waals surface area contributed by atoms with Gasteiger partial charge in [0, 0.05) is 19.7 Å². The summed E-state index contributed by atoms with van der Waals surface area (Å²) in [7, 11) is 1.89. The molecule has 0 bridgehead atoms. The molecular weight excluding hydrogens is 244 g/mol. The zero-order valence-corrected chi connectivity index (χ0v) is 11.8. The van der Waals surface area contributed by atoms with Crippen LogP contribution >= 0.6 is 11.8 Å². The number of aromatic nitrogens is 2. The van der Waals surface area contributed by atoms with Crippen molar-refractivity contribution in [3.63, 3.8) is 0 Å². The summed E-state index contributed by atoms with van der Waals surface area (Å²) < 4.78 is 0. The van der Waals surface area contributed by atoms with E-state index in [9.17, 15) is 0 Å². The largest absolute Gasteiger partial charge is 0.373 e. The van der Waals surface area contributed by atoms with Gasteiger partial charge in [0.15, 0.2) is 5.16 Å². The highest BCUT2D eigenvalue weighted by Gasteiger charge is 2.53. The van der Waals surface area contributed by atoms with Crippen molar-refractivity contribution in [3.8, 4) is 0 Å². The molecule has 2 aliphatic carbocycles. The van der Waals surface area contributed by atoms with E-state index in [0.717, 1.165) is 29.3 Å². The van der Waals surface area contributed by atoms with Crippen molar-refractivity contribution in [3.05, 3.63) is 6.07 Å². The van der Waals surface area contributed by atoms with Crippen LogP contribution in [0.15, 0.2) is 11.2 Å².